The van der Waals surface area contributed by atoms with Crippen molar-refractivity contribution < 1.29 is 14.7 Å². The van der Waals surface area contributed by atoms with Crippen LogP contribution in [0.2, 0.25) is 0 Å². The first kappa shape index (κ1) is 15.4. The molecular formula is C20H18N2O3. The molecule has 0 aliphatic carbocycles. The fraction of sp³-hybridized carbons (Fsp3) is 0.200. The molecule has 0 bridgehead atoms. The Morgan fingerprint density at radius 3 is 2.36 bits per heavy atom. The van der Waals surface area contributed by atoms with Gasteiger partial charge in [0.1, 0.15) is 0 Å². The number of hydrogen-bond donors (Lipinski definition) is 2. The third-order valence-electron chi connectivity index (χ3n) is 4.87. The van der Waals surface area contributed by atoms with Gasteiger partial charge in [-0.2, -0.15) is 0 Å². The van der Waals surface area contributed by atoms with Crippen LogP contribution in [-0.4, -0.2) is 26.9 Å². The number of carboxylic acids is 1. The quantitative estimate of drug-likeness (QED) is 0.769. The third-order valence-corrected chi connectivity index (χ3v) is 4.87. The number of carboxylic acid groups (broad SMARTS) is 1. The zero-order valence-electron chi connectivity index (χ0n) is 13.6. The van der Waals surface area contributed by atoms with Crippen molar-refractivity contribution in [2.75, 3.05) is 0 Å². The van der Waals surface area contributed by atoms with Crippen LogP contribution in [0.3, 0.4) is 0 Å². The maximum absolute atomic E-state index is 12.7. The van der Waals surface area contributed by atoms with Gasteiger partial charge in [-0.3, -0.25) is 9.59 Å². The lowest BCUT2D eigenvalue weighted by Crippen LogP contribution is -2.28. The molecule has 2 heterocycles. The van der Waals surface area contributed by atoms with E-state index in [1.807, 2.05) is 48.5 Å². The normalized spacial score (nSPS) is 14.5. The number of hydrogen-bond acceptors (Lipinski definition) is 2. The van der Waals surface area contributed by atoms with Crippen molar-refractivity contribution in [1.82, 2.24) is 9.88 Å². The topological polar surface area (TPSA) is 73.4 Å². The van der Waals surface area contributed by atoms with Crippen LogP contribution in [0, 0.1) is 0 Å². The van der Waals surface area contributed by atoms with Crippen LogP contribution in [0.15, 0.2) is 54.7 Å². The highest BCUT2D eigenvalue weighted by Crippen LogP contribution is 2.30. The average molecular weight is 334 g/mol. The minimum absolute atomic E-state index is 0.0365. The van der Waals surface area contributed by atoms with E-state index in [2.05, 4.69) is 4.98 Å². The van der Waals surface area contributed by atoms with E-state index in [1.165, 1.54) is 0 Å². The number of amides is 1. The van der Waals surface area contributed by atoms with Crippen LogP contribution in [0.1, 0.15) is 29.0 Å². The van der Waals surface area contributed by atoms with E-state index in [0.717, 1.165) is 22.0 Å². The molecular weight excluding hydrogens is 316 g/mol. The average Bonchev–Trinajstić information content (AvgIpc) is 3.23. The SMILES string of the molecule is O=C(O)C(CC(=O)N1Cc2ccccc2C1)c1c[nH]c2ccccc12. The summed E-state index contributed by atoms with van der Waals surface area (Å²) in [5, 5.41) is 10.5. The number of carbonyl (C=O) groups excluding carboxylic acids is 1. The van der Waals surface area contributed by atoms with Gasteiger partial charge in [0.2, 0.25) is 5.91 Å². The number of benzene rings is 2. The zero-order valence-corrected chi connectivity index (χ0v) is 13.6. The summed E-state index contributed by atoms with van der Waals surface area (Å²) in [6.45, 7) is 1.10. The molecule has 5 heteroatoms. The number of nitrogens with one attached hydrogen (secondary N) is 1. The Hall–Kier alpha value is -3.08. The number of carbonyl (C=O) groups is 2. The van der Waals surface area contributed by atoms with E-state index >= 15 is 0 Å². The van der Waals surface area contributed by atoms with Gasteiger partial charge in [0.15, 0.2) is 0 Å². The van der Waals surface area contributed by atoms with Crippen LogP contribution in [0.5, 0.6) is 0 Å². The van der Waals surface area contributed by atoms with Crippen LogP contribution in [0.25, 0.3) is 10.9 Å². The van der Waals surface area contributed by atoms with Crippen molar-refractivity contribution in [2.24, 2.45) is 0 Å². The molecule has 0 spiro atoms. The second kappa shape index (κ2) is 6.09. The van der Waals surface area contributed by atoms with Crippen molar-refractivity contribution >= 4 is 22.8 Å². The van der Waals surface area contributed by atoms with Crippen LogP contribution < -0.4 is 0 Å². The molecule has 0 radical (unpaired) electrons. The lowest BCUT2D eigenvalue weighted by atomic mass is 9.94. The highest BCUT2D eigenvalue weighted by Gasteiger charge is 2.30. The Kier molecular flexibility index (Phi) is 3.76. The Morgan fingerprint density at radius 1 is 1.04 bits per heavy atom. The molecule has 1 unspecified atom stereocenters. The van der Waals surface area contributed by atoms with Crippen molar-refractivity contribution in [3.8, 4) is 0 Å². The van der Waals surface area contributed by atoms with Gasteiger partial charge >= 0.3 is 5.97 Å². The molecule has 25 heavy (non-hydrogen) atoms. The van der Waals surface area contributed by atoms with Gasteiger partial charge in [-0.1, -0.05) is 42.5 Å². The molecule has 1 aliphatic heterocycles. The molecule has 0 saturated heterocycles. The van der Waals surface area contributed by atoms with Gasteiger partial charge in [-0.15, -0.1) is 0 Å². The number of fused-ring (bicyclic) bond motifs is 2. The fourth-order valence-corrected chi connectivity index (χ4v) is 3.53. The summed E-state index contributed by atoms with van der Waals surface area (Å²) in [4.78, 5) is 29.4. The first-order valence-electron chi connectivity index (χ1n) is 8.27. The van der Waals surface area contributed by atoms with E-state index in [9.17, 15) is 14.7 Å². The monoisotopic (exact) mass is 334 g/mol. The van der Waals surface area contributed by atoms with Crippen LogP contribution >= 0.6 is 0 Å². The van der Waals surface area contributed by atoms with Crippen molar-refractivity contribution in [3.63, 3.8) is 0 Å². The highest BCUT2D eigenvalue weighted by molar-refractivity contribution is 5.92. The summed E-state index contributed by atoms with van der Waals surface area (Å²) < 4.78 is 0. The van der Waals surface area contributed by atoms with E-state index < -0.39 is 11.9 Å². The summed E-state index contributed by atoms with van der Waals surface area (Å²) in [6.07, 6.45) is 1.67. The zero-order chi connectivity index (χ0) is 17.4. The summed E-state index contributed by atoms with van der Waals surface area (Å²) in [6, 6.07) is 15.5. The molecule has 0 saturated carbocycles. The van der Waals surface area contributed by atoms with Gasteiger partial charge < -0.3 is 15.0 Å². The second-order valence-electron chi connectivity index (χ2n) is 6.40. The lowest BCUT2D eigenvalue weighted by molar-refractivity contribution is -0.143. The number of nitrogens with zero attached hydrogens (tertiary/aromatic N) is 1. The fourth-order valence-electron chi connectivity index (χ4n) is 3.53. The molecule has 0 fully saturated rings. The molecule has 1 aliphatic rings. The number of H-pyrrole nitrogens is 1. The second-order valence-corrected chi connectivity index (χ2v) is 6.40. The predicted octanol–water partition coefficient (Wildman–Crippen LogP) is 3.27. The number of rotatable bonds is 4. The number of para-hydroxylation sites is 1. The smallest absolute Gasteiger partial charge is 0.311 e. The highest BCUT2D eigenvalue weighted by atomic mass is 16.4. The predicted molar refractivity (Wildman–Crippen MR) is 94.0 cm³/mol. The first-order chi connectivity index (χ1) is 12.1. The molecule has 5 nitrogen and oxygen atoms in total. The third kappa shape index (κ3) is 2.78. The summed E-state index contributed by atoms with van der Waals surface area (Å²) in [5.41, 5.74) is 3.81. The summed E-state index contributed by atoms with van der Waals surface area (Å²) >= 11 is 0. The van der Waals surface area contributed by atoms with Crippen molar-refractivity contribution in [3.05, 3.63) is 71.4 Å². The maximum atomic E-state index is 12.7. The number of aromatic amines is 1. The summed E-state index contributed by atoms with van der Waals surface area (Å²) in [5.74, 6) is -1.96. The molecule has 3 aromatic rings. The van der Waals surface area contributed by atoms with Gasteiger partial charge in [0.05, 0.1) is 5.92 Å². The van der Waals surface area contributed by atoms with Crippen molar-refractivity contribution in [1.29, 1.82) is 0 Å². The minimum Gasteiger partial charge on any atom is -0.481 e. The molecule has 1 amide bonds. The van der Waals surface area contributed by atoms with E-state index in [1.54, 1.807) is 11.1 Å². The van der Waals surface area contributed by atoms with E-state index in [-0.39, 0.29) is 12.3 Å². The number of aromatic nitrogens is 1. The van der Waals surface area contributed by atoms with Gasteiger partial charge in [-0.25, -0.2) is 0 Å². The number of aliphatic carboxylic acids is 1. The first-order valence-corrected chi connectivity index (χ1v) is 8.27. The van der Waals surface area contributed by atoms with Gasteiger partial charge in [0, 0.05) is 36.6 Å². The largest absolute Gasteiger partial charge is 0.481 e. The van der Waals surface area contributed by atoms with Gasteiger partial charge in [0.25, 0.3) is 0 Å². The Bertz CT molecular complexity index is 935. The molecule has 2 aromatic carbocycles. The minimum atomic E-state index is -0.977. The molecule has 4 rings (SSSR count). The maximum Gasteiger partial charge on any atom is 0.311 e. The molecule has 1 aromatic heterocycles. The van der Waals surface area contributed by atoms with Crippen LogP contribution in [0.4, 0.5) is 0 Å². The summed E-state index contributed by atoms with van der Waals surface area (Å²) in [7, 11) is 0. The Labute approximate surface area is 144 Å². The van der Waals surface area contributed by atoms with Crippen molar-refractivity contribution in [2.45, 2.75) is 25.4 Å². The van der Waals surface area contributed by atoms with Crippen LogP contribution in [-0.2, 0) is 22.7 Å². The Morgan fingerprint density at radius 2 is 1.68 bits per heavy atom. The molecule has 126 valence electrons. The molecule has 1 atom stereocenters. The Balaban J connectivity index is 1.57. The standard InChI is InChI=1S/C20H18N2O3/c23-19(22-11-13-5-1-2-6-14(13)12-22)9-16(20(24)25)17-10-21-18-8-4-3-7-15(17)18/h1-8,10,16,21H,9,11-12H2,(H,24,25). The lowest BCUT2D eigenvalue weighted by Gasteiger charge is -2.18. The van der Waals surface area contributed by atoms with Gasteiger partial charge in [-0.05, 0) is 22.8 Å². The van der Waals surface area contributed by atoms with E-state index in [0.29, 0.717) is 18.7 Å². The van der Waals surface area contributed by atoms with E-state index in [4.69, 9.17) is 0 Å². The molecule has 2 N–H and O–H groups in total.